The predicted octanol–water partition coefficient (Wildman–Crippen LogP) is 0.887. The van der Waals surface area contributed by atoms with Crippen molar-refractivity contribution in [3.8, 4) is 5.75 Å². The average molecular weight is 361 g/mol. The number of nitrogens with one attached hydrogen (secondary N) is 1. The number of hydrogen-bond acceptors (Lipinski definition) is 5. The van der Waals surface area contributed by atoms with Crippen LogP contribution in [0.4, 0.5) is 5.69 Å². The maximum atomic E-state index is 12.4. The number of carbonyl (C=O) groups is 2. The van der Waals surface area contributed by atoms with Gasteiger partial charge in [0.25, 0.3) is 0 Å². The van der Waals surface area contributed by atoms with Gasteiger partial charge in [0.2, 0.25) is 11.8 Å². The van der Waals surface area contributed by atoms with Gasteiger partial charge in [-0.05, 0) is 31.2 Å². The van der Waals surface area contributed by atoms with E-state index in [1.165, 1.54) is 0 Å². The lowest BCUT2D eigenvalue weighted by Crippen LogP contribution is -2.42. The summed E-state index contributed by atoms with van der Waals surface area (Å²) in [6, 6.07) is 7.42. The maximum Gasteiger partial charge on any atom is 0.227 e. The fraction of sp³-hybridized carbons (Fsp3) is 0.579. The Morgan fingerprint density at radius 1 is 1.27 bits per heavy atom. The van der Waals surface area contributed by atoms with E-state index in [-0.39, 0.29) is 24.2 Å². The minimum absolute atomic E-state index is 0.0116. The van der Waals surface area contributed by atoms with Gasteiger partial charge in [0.1, 0.15) is 5.75 Å². The summed E-state index contributed by atoms with van der Waals surface area (Å²) in [5.41, 5.74) is 0.807. The molecule has 0 aromatic heterocycles. The molecule has 7 heteroatoms. The Hall–Kier alpha value is -2.12. The molecule has 0 spiro atoms. The van der Waals surface area contributed by atoms with E-state index in [1.54, 1.807) is 4.90 Å². The Bertz CT molecular complexity index is 614. The summed E-state index contributed by atoms with van der Waals surface area (Å²) in [7, 11) is 0. The molecule has 2 heterocycles. The molecule has 26 heavy (non-hydrogen) atoms. The lowest BCUT2D eigenvalue weighted by Gasteiger charge is -2.26. The molecule has 142 valence electrons. The van der Waals surface area contributed by atoms with Crippen molar-refractivity contribution in [2.24, 2.45) is 5.92 Å². The summed E-state index contributed by atoms with van der Waals surface area (Å²) in [6.45, 7) is 7.70. The summed E-state index contributed by atoms with van der Waals surface area (Å²) in [6.07, 6.45) is 0.261. The summed E-state index contributed by atoms with van der Waals surface area (Å²) in [5, 5.41) is 2.97. The fourth-order valence-electron chi connectivity index (χ4n) is 3.33. The topological polar surface area (TPSA) is 71.1 Å². The number of carbonyl (C=O) groups excluding carboxylic acids is 2. The number of anilines is 1. The van der Waals surface area contributed by atoms with Crippen LogP contribution in [0.15, 0.2) is 24.3 Å². The van der Waals surface area contributed by atoms with E-state index >= 15 is 0 Å². The van der Waals surface area contributed by atoms with Crippen LogP contribution in [0.1, 0.15) is 13.3 Å². The molecule has 3 rings (SSSR count). The second kappa shape index (κ2) is 9.00. The molecule has 2 aliphatic rings. The third kappa shape index (κ3) is 4.74. The van der Waals surface area contributed by atoms with E-state index in [0.29, 0.717) is 19.7 Å². The quantitative estimate of drug-likeness (QED) is 0.781. The molecule has 0 radical (unpaired) electrons. The van der Waals surface area contributed by atoms with Crippen LogP contribution >= 0.6 is 0 Å². The van der Waals surface area contributed by atoms with Crippen molar-refractivity contribution in [2.75, 3.05) is 57.4 Å². The largest absolute Gasteiger partial charge is 0.494 e. The molecule has 1 aromatic rings. The zero-order chi connectivity index (χ0) is 18.4. The normalized spacial score (nSPS) is 21.0. The zero-order valence-corrected chi connectivity index (χ0v) is 15.3. The highest BCUT2D eigenvalue weighted by molar-refractivity contribution is 6.00. The standard InChI is InChI=1S/C19H27N3O4/c1-2-26-17-5-3-16(4-6-17)22-14-15(13-18(22)23)19(24)20-7-8-21-9-11-25-12-10-21/h3-6,15H,2,7-14H2,1H3,(H,20,24). The first kappa shape index (κ1) is 18.7. The Balaban J connectivity index is 1.47. The molecule has 1 aromatic carbocycles. The van der Waals surface area contributed by atoms with Crippen LogP contribution in [0.5, 0.6) is 5.75 Å². The molecule has 1 unspecified atom stereocenters. The van der Waals surface area contributed by atoms with Crippen LogP contribution in [-0.4, -0.2) is 69.3 Å². The Labute approximate surface area is 154 Å². The van der Waals surface area contributed by atoms with E-state index in [4.69, 9.17) is 9.47 Å². The van der Waals surface area contributed by atoms with Crippen LogP contribution < -0.4 is 15.0 Å². The third-order valence-electron chi connectivity index (χ3n) is 4.79. The van der Waals surface area contributed by atoms with Gasteiger partial charge in [-0.2, -0.15) is 0 Å². The van der Waals surface area contributed by atoms with E-state index in [0.717, 1.165) is 44.3 Å². The first-order valence-corrected chi connectivity index (χ1v) is 9.28. The second-order valence-electron chi connectivity index (χ2n) is 6.58. The van der Waals surface area contributed by atoms with Gasteiger partial charge >= 0.3 is 0 Å². The highest BCUT2D eigenvalue weighted by Crippen LogP contribution is 2.27. The lowest BCUT2D eigenvalue weighted by molar-refractivity contribution is -0.126. The summed E-state index contributed by atoms with van der Waals surface area (Å²) < 4.78 is 10.7. The third-order valence-corrected chi connectivity index (χ3v) is 4.79. The molecule has 0 bridgehead atoms. The highest BCUT2D eigenvalue weighted by Gasteiger charge is 2.35. The van der Waals surface area contributed by atoms with Gasteiger partial charge in [-0.25, -0.2) is 0 Å². The number of hydrogen-bond donors (Lipinski definition) is 1. The molecule has 1 atom stereocenters. The van der Waals surface area contributed by atoms with E-state index in [2.05, 4.69) is 10.2 Å². The van der Waals surface area contributed by atoms with Gasteiger partial charge in [-0.3, -0.25) is 14.5 Å². The lowest BCUT2D eigenvalue weighted by atomic mass is 10.1. The van der Waals surface area contributed by atoms with Crippen LogP contribution in [0.2, 0.25) is 0 Å². The smallest absolute Gasteiger partial charge is 0.227 e. The summed E-state index contributed by atoms with van der Waals surface area (Å²) in [5.74, 6) is 0.432. The van der Waals surface area contributed by atoms with Crippen LogP contribution in [0.25, 0.3) is 0 Å². The maximum absolute atomic E-state index is 12.4. The number of nitrogens with zero attached hydrogens (tertiary/aromatic N) is 2. The van der Waals surface area contributed by atoms with Crippen molar-refractivity contribution in [2.45, 2.75) is 13.3 Å². The minimum atomic E-state index is -0.293. The van der Waals surface area contributed by atoms with E-state index in [1.807, 2.05) is 31.2 Å². The minimum Gasteiger partial charge on any atom is -0.494 e. The second-order valence-corrected chi connectivity index (χ2v) is 6.58. The van der Waals surface area contributed by atoms with Crippen LogP contribution in [-0.2, 0) is 14.3 Å². The number of rotatable bonds is 7. The van der Waals surface area contributed by atoms with Crippen molar-refractivity contribution in [1.82, 2.24) is 10.2 Å². The Kier molecular flexibility index (Phi) is 6.46. The molecule has 2 fully saturated rings. The molecular formula is C19H27N3O4. The monoisotopic (exact) mass is 361 g/mol. The molecule has 1 N–H and O–H groups in total. The molecule has 2 saturated heterocycles. The predicted molar refractivity (Wildman–Crippen MR) is 98.3 cm³/mol. The van der Waals surface area contributed by atoms with Crippen molar-refractivity contribution in [1.29, 1.82) is 0 Å². The zero-order valence-electron chi connectivity index (χ0n) is 15.3. The number of morpholine rings is 1. The van der Waals surface area contributed by atoms with E-state index < -0.39 is 0 Å². The van der Waals surface area contributed by atoms with Gasteiger partial charge in [0, 0.05) is 44.8 Å². The molecule has 2 amide bonds. The van der Waals surface area contributed by atoms with E-state index in [9.17, 15) is 9.59 Å². The van der Waals surface area contributed by atoms with Crippen molar-refractivity contribution < 1.29 is 19.1 Å². The first-order chi connectivity index (χ1) is 12.7. The highest BCUT2D eigenvalue weighted by atomic mass is 16.5. The van der Waals surface area contributed by atoms with Gasteiger partial charge in [0.15, 0.2) is 0 Å². The van der Waals surface area contributed by atoms with Gasteiger partial charge in [-0.1, -0.05) is 0 Å². The number of benzene rings is 1. The van der Waals surface area contributed by atoms with Gasteiger partial charge in [-0.15, -0.1) is 0 Å². The van der Waals surface area contributed by atoms with Gasteiger partial charge < -0.3 is 19.7 Å². The van der Waals surface area contributed by atoms with Crippen molar-refractivity contribution >= 4 is 17.5 Å². The van der Waals surface area contributed by atoms with Crippen LogP contribution in [0.3, 0.4) is 0 Å². The van der Waals surface area contributed by atoms with Crippen molar-refractivity contribution in [3.63, 3.8) is 0 Å². The fourth-order valence-corrected chi connectivity index (χ4v) is 3.33. The Morgan fingerprint density at radius 3 is 2.69 bits per heavy atom. The summed E-state index contributed by atoms with van der Waals surface area (Å²) >= 11 is 0. The summed E-state index contributed by atoms with van der Waals surface area (Å²) in [4.78, 5) is 28.7. The SMILES string of the molecule is CCOc1ccc(N2CC(C(=O)NCCN3CCOCC3)CC2=O)cc1. The van der Waals surface area contributed by atoms with Gasteiger partial charge in [0.05, 0.1) is 25.7 Å². The molecular weight excluding hydrogens is 334 g/mol. The molecule has 0 saturated carbocycles. The van der Waals surface area contributed by atoms with Crippen LogP contribution in [0, 0.1) is 5.92 Å². The number of amides is 2. The molecule has 0 aliphatic carbocycles. The first-order valence-electron chi connectivity index (χ1n) is 9.28. The average Bonchev–Trinajstić information content (AvgIpc) is 3.05. The molecule has 7 nitrogen and oxygen atoms in total. The number of ether oxygens (including phenoxy) is 2. The van der Waals surface area contributed by atoms with Crippen molar-refractivity contribution in [3.05, 3.63) is 24.3 Å². The molecule has 2 aliphatic heterocycles. The Morgan fingerprint density at radius 2 is 2.00 bits per heavy atom.